The number of fused-ring (bicyclic) bond motifs is 1. The van der Waals surface area contributed by atoms with E-state index in [4.69, 9.17) is 9.97 Å². The molecule has 5 rings (SSSR count). The molecule has 2 unspecified atom stereocenters. The molecule has 2 atom stereocenters. The van der Waals surface area contributed by atoms with Gasteiger partial charge in [0.05, 0.1) is 21.7 Å². The van der Waals surface area contributed by atoms with Crippen molar-refractivity contribution in [2.75, 3.05) is 12.4 Å². The van der Waals surface area contributed by atoms with E-state index >= 15 is 0 Å². The van der Waals surface area contributed by atoms with Crippen LogP contribution < -0.4 is 10.6 Å². The maximum Gasteiger partial charge on any atom is 0.140 e. The van der Waals surface area contributed by atoms with Gasteiger partial charge in [0.15, 0.2) is 0 Å². The molecule has 2 fully saturated rings. The third kappa shape index (κ3) is 5.78. The maximum atomic E-state index is 11.1. The van der Waals surface area contributed by atoms with Gasteiger partial charge in [0.1, 0.15) is 28.5 Å². The maximum absolute atomic E-state index is 11.1. The fraction of sp³-hybridized carbons (Fsp3) is 0.577. The number of hydrogen-bond acceptors (Lipinski definition) is 8. The van der Waals surface area contributed by atoms with E-state index < -0.39 is 0 Å². The normalized spacial score (nSPS) is 20.2. The SMILES string of the molecule is CNC(C)(C)C.Cc1nc(C)c(-c2nc3c(C4CC4)nccc3s2)c(NC2CCC(C=O)C2)n1. The predicted molar refractivity (Wildman–Crippen MR) is 140 cm³/mol. The lowest BCUT2D eigenvalue weighted by Gasteiger charge is -2.17. The summed E-state index contributed by atoms with van der Waals surface area (Å²) in [6, 6.07) is 2.31. The Kier molecular flexibility index (Phi) is 7.28. The number of thiazole rings is 1. The van der Waals surface area contributed by atoms with Gasteiger partial charge in [-0.2, -0.15) is 0 Å². The van der Waals surface area contributed by atoms with Crippen molar-refractivity contribution in [3.05, 3.63) is 29.5 Å². The molecule has 2 aliphatic carbocycles. The molecular weight excluding hydrogens is 444 g/mol. The quantitative estimate of drug-likeness (QED) is 0.471. The Hall–Kier alpha value is -2.45. The number of aromatic nitrogens is 4. The minimum Gasteiger partial charge on any atom is -0.367 e. The third-order valence-electron chi connectivity index (χ3n) is 6.47. The number of nitrogens with one attached hydrogen (secondary N) is 2. The van der Waals surface area contributed by atoms with Gasteiger partial charge in [0.2, 0.25) is 0 Å². The van der Waals surface area contributed by atoms with Crippen LogP contribution in [-0.2, 0) is 4.79 Å². The van der Waals surface area contributed by atoms with Crippen LogP contribution in [0.2, 0.25) is 0 Å². The number of aldehydes is 1. The smallest absolute Gasteiger partial charge is 0.140 e. The first-order valence-electron chi connectivity index (χ1n) is 12.2. The summed E-state index contributed by atoms with van der Waals surface area (Å²) >= 11 is 1.68. The molecule has 7 nitrogen and oxygen atoms in total. The van der Waals surface area contributed by atoms with Crippen molar-refractivity contribution in [2.45, 2.75) is 84.2 Å². The predicted octanol–water partition coefficient (Wildman–Crippen LogP) is 5.43. The highest BCUT2D eigenvalue weighted by molar-refractivity contribution is 7.21. The van der Waals surface area contributed by atoms with Gasteiger partial charge in [-0.25, -0.2) is 15.0 Å². The molecule has 2 saturated carbocycles. The Morgan fingerprint density at radius 3 is 2.44 bits per heavy atom. The van der Waals surface area contributed by atoms with E-state index in [0.29, 0.717) is 11.5 Å². The van der Waals surface area contributed by atoms with Crippen molar-refractivity contribution >= 4 is 33.7 Å². The van der Waals surface area contributed by atoms with Crippen molar-refractivity contribution in [3.63, 3.8) is 0 Å². The number of pyridine rings is 1. The average molecular weight is 481 g/mol. The largest absolute Gasteiger partial charge is 0.367 e. The topological polar surface area (TPSA) is 92.7 Å². The van der Waals surface area contributed by atoms with Gasteiger partial charge in [0, 0.05) is 29.6 Å². The van der Waals surface area contributed by atoms with Crippen molar-refractivity contribution in [3.8, 4) is 10.6 Å². The van der Waals surface area contributed by atoms with Gasteiger partial charge in [-0.05, 0) is 79.8 Å². The molecular formula is C26H36N6OS. The molecule has 0 saturated heterocycles. The van der Waals surface area contributed by atoms with Crippen molar-refractivity contribution < 1.29 is 4.79 Å². The molecule has 2 N–H and O–H groups in total. The van der Waals surface area contributed by atoms with Gasteiger partial charge in [-0.15, -0.1) is 11.3 Å². The molecule has 0 spiro atoms. The standard InChI is InChI=1S/C21H23N5OS.C5H13N/c1-11-17(20(24-12(2)23-11)25-15-6-3-13(9-15)10-27)21-26-19-16(28-21)7-8-22-18(19)14-4-5-14;1-5(2,3)6-4/h7-8,10,13-15H,3-6,9H2,1-2H3,(H,23,24,25);6H,1-4H3. The lowest BCUT2D eigenvalue weighted by Crippen LogP contribution is -2.31. The van der Waals surface area contributed by atoms with Crippen LogP contribution in [-0.4, -0.2) is 44.9 Å². The Labute approximate surface area is 206 Å². The van der Waals surface area contributed by atoms with Crippen molar-refractivity contribution in [1.29, 1.82) is 0 Å². The summed E-state index contributed by atoms with van der Waals surface area (Å²) in [6.07, 6.45) is 8.18. The molecule has 0 aliphatic heterocycles. The Morgan fingerprint density at radius 1 is 1.09 bits per heavy atom. The number of carbonyl (C=O) groups excluding carboxylic acids is 1. The minimum absolute atomic E-state index is 0.152. The summed E-state index contributed by atoms with van der Waals surface area (Å²) in [5, 5.41) is 7.63. The molecule has 34 heavy (non-hydrogen) atoms. The highest BCUT2D eigenvalue weighted by atomic mass is 32.1. The second-order valence-electron chi connectivity index (χ2n) is 10.5. The van der Waals surface area contributed by atoms with E-state index in [1.807, 2.05) is 33.2 Å². The summed E-state index contributed by atoms with van der Waals surface area (Å²) < 4.78 is 1.17. The monoisotopic (exact) mass is 480 g/mol. The summed E-state index contributed by atoms with van der Waals surface area (Å²) in [6.45, 7) is 10.3. The number of carbonyl (C=O) groups is 1. The molecule has 0 aromatic carbocycles. The lowest BCUT2D eigenvalue weighted by molar-refractivity contribution is -0.110. The molecule has 182 valence electrons. The van der Waals surface area contributed by atoms with E-state index in [2.05, 4.69) is 41.4 Å². The highest BCUT2D eigenvalue weighted by Gasteiger charge is 2.29. The van der Waals surface area contributed by atoms with Crippen LogP contribution in [0.15, 0.2) is 12.3 Å². The van der Waals surface area contributed by atoms with Crippen LogP contribution in [0.1, 0.15) is 76.0 Å². The second kappa shape index (κ2) is 10.0. The van der Waals surface area contributed by atoms with E-state index in [1.54, 1.807) is 11.3 Å². The molecule has 0 bridgehead atoms. The van der Waals surface area contributed by atoms with Gasteiger partial charge in [0.25, 0.3) is 0 Å². The molecule has 8 heteroatoms. The zero-order valence-corrected chi connectivity index (χ0v) is 21.9. The lowest BCUT2D eigenvalue weighted by atomic mass is 10.1. The van der Waals surface area contributed by atoms with Gasteiger partial charge in [-0.1, -0.05) is 0 Å². The summed E-state index contributed by atoms with van der Waals surface area (Å²) in [5.41, 5.74) is 4.35. The summed E-state index contributed by atoms with van der Waals surface area (Å²) in [4.78, 5) is 30.0. The number of anilines is 1. The molecule has 0 amide bonds. The number of nitrogens with zero attached hydrogens (tertiary/aromatic N) is 4. The van der Waals surface area contributed by atoms with Crippen LogP contribution >= 0.6 is 11.3 Å². The van der Waals surface area contributed by atoms with Crippen molar-refractivity contribution in [1.82, 2.24) is 25.3 Å². The third-order valence-corrected chi connectivity index (χ3v) is 7.51. The molecule has 0 radical (unpaired) electrons. The zero-order valence-electron chi connectivity index (χ0n) is 21.1. The first-order valence-corrected chi connectivity index (χ1v) is 13.0. The van der Waals surface area contributed by atoms with Crippen molar-refractivity contribution in [2.24, 2.45) is 5.92 Å². The zero-order chi connectivity index (χ0) is 24.5. The molecule has 3 aromatic rings. The number of aryl methyl sites for hydroxylation is 2. The van der Waals surface area contributed by atoms with Crippen LogP contribution in [0.25, 0.3) is 20.8 Å². The first-order chi connectivity index (χ1) is 16.2. The number of hydrogen-bond donors (Lipinski definition) is 2. The molecule has 2 aliphatic rings. The first kappa shape index (κ1) is 24.7. The van der Waals surface area contributed by atoms with Gasteiger partial charge < -0.3 is 15.4 Å². The van der Waals surface area contributed by atoms with E-state index in [1.165, 1.54) is 17.5 Å². The van der Waals surface area contributed by atoms with E-state index in [9.17, 15) is 4.79 Å². The Morgan fingerprint density at radius 2 is 1.82 bits per heavy atom. The van der Waals surface area contributed by atoms with Crippen LogP contribution in [0.5, 0.6) is 0 Å². The minimum atomic E-state index is 0.152. The Balaban J connectivity index is 0.000000408. The highest BCUT2D eigenvalue weighted by Crippen LogP contribution is 2.44. The van der Waals surface area contributed by atoms with E-state index in [-0.39, 0.29) is 12.0 Å². The number of rotatable bonds is 5. The van der Waals surface area contributed by atoms with Gasteiger partial charge in [-0.3, -0.25) is 4.98 Å². The van der Waals surface area contributed by atoms with Crippen LogP contribution in [0.3, 0.4) is 0 Å². The summed E-state index contributed by atoms with van der Waals surface area (Å²) in [5.74, 6) is 2.29. The fourth-order valence-electron chi connectivity index (χ4n) is 4.17. The van der Waals surface area contributed by atoms with Crippen LogP contribution in [0.4, 0.5) is 5.82 Å². The van der Waals surface area contributed by atoms with Gasteiger partial charge >= 0.3 is 0 Å². The second-order valence-corrected chi connectivity index (χ2v) is 11.5. The van der Waals surface area contributed by atoms with E-state index in [0.717, 1.165) is 64.7 Å². The average Bonchev–Trinajstić information content (AvgIpc) is 3.37. The summed E-state index contributed by atoms with van der Waals surface area (Å²) in [7, 11) is 1.96. The molecule has 3 aromatic heterocycles. The molecule has 3 heterocycles. The Bertz CT molecular complexity index is 1160. The fourth-order valence-corrected chi connectivity index (χ4v) is 5.24. The van der Waals surface area contributed by atoms with Crippen LogP contribution in [0, 0.1) is 19.8 Å².